The predicted molar refractivity (Wildman–Crippen MR) is 117 cm³/mol. The van der Waals surface area contributed by atoms with Gasteiger partial charge in [-0.3, -0.25) is 0 Å². The van der Waals surface area contributed by atoms with Crippen LogP contribution < -0.4 is 9.54 Å². The van der Waals surface area contributed by atoms with Crippen LogP contribution in [0.15, 0.2) is 89.2 Å². The molecule has 140 valence electrons. The van der Waals surface area contributed by atoms with E-state index in [0.717, 1.165) is 28.3 Å². The van der Waals surface area contributed by atoms with E-state index in [2.05, 4.69) is 34.2 Å². The fourth-order valence-corrected chi connectivity index (χ4v) is 4.19. The highest BCUT2D eigenvalue weighted by atomic mass is 35.5. The molecule has 4 rings (SSSR count). The van der Waals surface area contributed by atoms with Gasteiger partial charge in [-0.25, -0.2) is 4.99 Å². The number of hydrogen-bond acceptors (Lipinski definition) is 3. The average Bonchev–Trinajstić information content (AvgIpc) is 3.11. The van der Waals surface area contributed by atoms with Gasteiger partial charge in [0.1, 0.15) is 5.75 Å². The molecule has 3 aromatic carbocycles. The summed E-state index contributed by atoms with van der Waals surface area (Å²) >= 11 is 8.00. The molecule has 0 aliphatic rings. The second kappa shape index (κ2) is 8.46. The molecule has 0 radical (unpaired) electrons. The zero-order valence-electron chi connectivity index (χ0n) is 15.4. The zero-order valence-corrected chi connectivity index (χ0v) is 17.0. The molecule has 1 heterocycles. The van der Waals surface area contributed by atoms with Gasteiger partial charge in [0.2, 0.25) is 0 Å². The minimum atomic E-state index is 0.596. The zero-order chi connectivity index (χ0) is 19.3. The lowest BCUT2D eigenvalue weighted by Crippen LogP contribution is -2.16. The standard InChI is InChI=1S/C23H19ClN2OS/c1-27-22-13-12-18(14-20(22)24)21-16-28-23(25-19-10-6-3-7-11-19)26(21)15-17-8-4-2-5-9-17/h2-14,16H,15H2,1H3. The number of aromatic nitrogens is 1. The van der Waals surface area contributed by atoms with Crippen LogP contribution in [0.3, 0.4) is 0 Å². The summed E-state index contributed by atoms with van der Waals surface area (Å²) < 4.78 is 7.52. The van der Waals surface area contributed by atoms with Gasteiger partial charge in [-0.2, -0.15) is 0 Å². The Balaban J connectivity index is 1.85. The molecule has 0 spiro atoms. The summed E-state index contributed by atoms with van der Waals surface area (Å²) in [5.41, 5.74) is 4.27. The molecule has 0 fully saturated rings. The van der Waals surface area contributed by atoms with Crippen LogP contribution in [0.5, 0.6) is 5.75 Å². The molecule has 0 N–H and O–H groups in total. The summed E-state index contributed by atoms with van der Waals surface area (Å²) in [6.45, 7) is 0.731. The molecule has 0 unspecified atom stereocenters. The van der Waals surface area contributed by atoms with Crippen molar-refractivity contribution in [3.05, 3.63) is 99.6 Å². The van der Waals surface area contributed by atoms with E-state index in [0.29, 0.717) is 10.8 Å². The highest BCUT2D eigenvalue weighted by Crippen LogP contribution is 2.30. The molecule has 0 saturated heterocycles. The minimum absolute atomic E-state index is 0.596. The SMILES string of the molecule is COc1ccc(-c2csc(=Nc3ccccc3)n2Cc2ccccc2)cc1Cl. The van der Waals surface area contributed by atoms with E-state index in [1.165, 1.54) is 5.56 Å². The number of hydrogen-bond donors (Lipinski definition) is 0. The third-order valence-corrected chi connectivity index (χ3v) is 5.57. The Labute approximate surface area is 173 Å². The van der Waals surface area contributed by atoms with Gasteiger partial charge in [0.15, 0.2) is 4.80 Å². The highest BCUT2D eigenvalue weighted by molar-refractivity contribution is 7.07. The van der Waals surface area contributed by atoms with Crippen LogP contribution in [0.2, 0.25) is 5.02 Å². The molecular weight excluding hydrogens is 388 g/mol. The van der Waals surface area contributed by atoms with Crippen LogP contribution in [0, 0.1) is 0 Å². The molecule has 0 amide bonds. The third kappa shape index (κ3) is 4.03. The van der Waals surface area contributed by atoms with Crippen LogP contribution in [0.1, 0.15) is 5.56 Å². The summed E-state index contributed by atoms with van der Waals surface area (Å²) in [6, 6.07) is 26.3. The molecule has 28 heavy (non-hydrogen) atoms. The number of methoxy groups -OCH3 is 1. The molecule has 0 atom stereocenters. The fraction of sp³-hybridized carbons (Fsp3) is 0.0870. The molecule has 0 bridgehead atoms. The van der Waals surface area contributed by atoms with E-state index < -0.39 is 0 Å². The molecule has 1 aromatic heterocycles. The Morgan fingerprint density at radius 2 is 1.68 bits per heavy atom. The van der Waals surface area contributed by atoms with Crippen molar-refractivity contribution in [1.29, 1.82) is 0 Å². The van der Waals surface area contributed by atoms with Gasteiger partial charge in [-0.1, -0.05) is 60.1 Å². The van der Waals surface area contributed by atoms with Gasteiger partial charge < -0.3 is 9.30 Å². The van der Waals surface area contributed by atoms with Crippen molar-refractivity contribution in [1.82, 2.24) is 4.57 Å². The van der Waals surface area contributed by atoms with Crippen molar-refractivity contribution >= 4 is 28.6 Å². The number of para-hydroxylation sites is 1. The van der Waals surface area contributed by atoms with Gasteiger partial charge in [-0.05, 0) is 35.9 Å². The second-order valence-corrected chi connectivity index (χ2v) is 7.52. The summed E-state index contributed by atoms with van der Waals surface area (Å²) in [4.78, 5) is 5.81. The summed E-state index contributed by atoms with van der Waals surface area (Å²) in [7, 11) is 1.62. The maximum Gasteiger partial charge on any atom is 0.190 e. The third-order valence-electron chi connectivity index (χ3n) is 4.41. The van der Waals surface area contributed by atoms with Gasteiger partial charge >= 0.3 is 0 Å². The molecule has 0 aliphatic carbocycles. The quantitative estimate of drug-likeness (QED) is 0.390. The van der Waals surface area contributed by atoms with Crippen LogP contribution in [0.4, 0.5) is 5.69 Å². The van der Waals surface area contributed by atoms with Crippen molar-refractivity contribution in [2.24, 2.45) is 4.99 Å². The minimum Gasteiger partial charge on any atom is -0.495 e. The Morgan fingerprint density at radius 3 is 2.36 bits per heavy atom. The van der Waals surface area contributed by atoms with E-state index >= 15 is 0 Å². The van der Waals surface area contributed by atoms with Gasteiger partial charge in [0.05, 0.1) is 30.1 Å². The molecule has 5 heteroatoms. The van der Waals surface area contributed by atoms with Crippen molar-refractivity contribution in [2.75, 3.05) is 7.11 Å². The van der Waals surface area contributed by atoms with E-state index in [1.807, 2.05) is 54.6 Å². The molecule has 0 saturated carbocycles. The first-order valence-electron chi connectivity index (χ1n) is 8.90. The van der Waals surface area contributed by atoms with Crippen LogP contribution in [-0.4, -0.2) is 11.7 Å². The maximum absolute atomic E-state index is 6.37. The number of thiazole rings is 1. The van der Waals surface area contributed by atoms with Crippen molar-refractivity contribution in [3.8, 4) is 17.0 Å². The van der Waals surface area contributed by atoms with Crippen LogP contribution in [0.25, 0.3) is 11.3 Å². The predicted octanol–water partition coefficient (Wildman–Crippen LogP) is 6.16. The lowest BCUT2D eigenvalue weighted by Gasteiger charge is -2.11. The summed E-state index contributed by atoms with van der Waals surface area (Å²) in [5, 5.41) is 2.72. The van der Waals surface area contributed by atoms with Crippen LogP contribution in [-0.2, 0) is 6.54 Å². The van der Waals surface area contributed by atoms with Gasteiger partial charge in [-0.15, -0.1) is 11.3 Å². The Hall–Kier alpha value is -2.82. The molecular formula is C23H19ClN2OS. The van der Waals surface area contributed by atoms with Crippen molar-refractivity contribution < 1.29 is 4.74 Å². The number of ether oxygens (including phenoxy) is 1. The van der Waals surface area contributed by atoms with Gasteiger partial charge in [0.25, 0.3) is 0 Å². The number of benzene rings is 3. The first-order valence-corrected chi connectivity index (χ1v) is 10.2. The lowest BCUT2D eigenvalue weighted by atomic mass is 10.1. The highest BCUT2D eigenvalue weighted by Gasteiger charge is 2.11. The molecule has 0 aliphatic heterocycles. The lowest BCUT2D eigenvalue weighted by molar-refractivity contribution is 0.415. The molecule has 3 nitrogen and oxygen atoms in total. The van der Waals surface area contributed by atoms with E-state index in [4.69, 9.17) is 21.3 Å². The largest absolute Gasteiger partial charge is 0.495 e. The number of halogens is 1. The normalized spacial score (nSPS) is 11.6. The van der Waals surface area contributed by atoms with Gasteiger partial charge in [0, 0.05) is 10.9 Å². The van der Waals surface area contributed by atoms with E-state index in [-0.39, 0.29) is 0 Å². The monoisotopic (exact) mass is 406 g/mol. The van der Waals surface area contributed by atoms with Crippen LogP contribution >= 0.6 is 22.9 Å². The Morgan fingerprint density at radius 1 is 0.964 bits per heavy atom. The summed E-state index contributed by atoms with van der Waals surface area (Å²) in [6.07, 6.45) is 0. The second-order valence-electron chi connectivity index (χ2n) is 6.27. The first-order chi connectivity index (χ1) is 13.7. The number of rotatable bonds is 5. The average molecular weight is 407 g/mol. The first kappa shape index (κ1) is 18.5. The number of nitrogens with zero attached hydrogens (tertiary/aromatic N) is 2. The fourth-order valence-electron chi connectivity index (χ4n) is 3.01. The van der Waals surface area contributed by atoms with Crippen molar-refractivity contribution in [3.63, 3.8) is 0 Å². The molecule has 4 aromatic rings. The summed E-state index contributed by atoms with van der Waals surface area (Å²) in [5.74, 6) is 0.671. The topological polar surface area (TPSA) is 26.5 Å². The Kier molecular flexibility index (Phi) is 5.60. The van der Waals surface area contributed by atoms with Crippen molar-refractivity contribution in [2.45, 2.75) is 6.54 Å². The van der Waals surface area contributed by atoms with E-state index in [9.17, 15) is 0 Å². The van der Waals surface area contributed by atoms with E-state index in [1.54, 1.807) is 18.4 Å². The smallest absolute Gasteiger partial charge is 0.190 e. The maximum atomic E-state index is 6.37. The Bertz CT molecular complexity index is 1130.